The van der Waals surface area contributed by atoms with E-state index in [-0.39, 0.29) is 18.0 Å². The number of hydrogen-bond acceptors (Lipinski definition) is 5. The number of fused-ring (bicyclic) bond motifs is 1. The van der Waals surface area contributed by atoms with E-state index in [1.165, 1.54) is 13.3 Å². The molecule has 3 aromatic carbocycles. The summed E-state index contributed by atoms with van der Waals surface area (Å²) in [6.45, 7) is -0.102. The number of hydrogen-bond donors (Lipinski definition) is 1. The Balaban J connectivity index is 1.76. The molecular weight excluding hydrogens is 420 g/mol. The molecule has 7 nitrogen and oxygen atoms in total. The van der Waals surface area contributed by atoms with Crippen molar-refractivity contribution in [1.29, 1.82) is 0 Å². The van der Waals surface area contributed by atoms with Gasteiger partial charge in [0.05, 0.1) is 30.7 Å². The van der Waals surface area contributed by atoms with Crippen molar-refractivity contribution >= 4 is 28.3 Å². The van der Waals surface area contributed by atoms with E-state index < -0.39 is 11.2 Å². The molecule has 1 amide bonds. The molecule has 0 fully saturated rings. The summed E-state index contributed by atoms with van der Waals surface area (Å²) in [4.78, 5) is 39.1. The van der Waals surface area contributed by atoms with Gasteiger partial charge in [-0.05, 0) is 30.3 Å². The lowest BCUT2D eigenvalue weighted by Gasteiger charge is -2.14. The molecule has 0 spiro atoms. The van der Waals surface area contributed by atoms with Crippen molar-refractivity contribution in [2.24, 2.45) is 0 Å². The van der Waals surface area contributed by atoms with Crippen LogP contribution < -0.4 is 20.2 Å². The smallest absolute Gasteiger partial charge is 0.244 e. The van der Waals surface area contributed by atoms with Crippen molar-refractivity contribution < 1.29 is 19.1 Å². The fourth-order valence-corrected chi connectivity index (χ4v) is 3.60. The van der Waals surface area contributed by atoms with Crippen LogP contribution >= 0.6 is 0 Å². The molecule has 0 radical (unpaired) electrons. The molecule has 0 saturated heterocycles. The van der Waals surface area contributed by atoms with E-state index in [0.717, 1.165) is 0 Å². The first-order chi connectivity index (χ1) is 16.0. The number of carbonyl (C=O) groups excluding carboxylic acids is 2. The van der Waals surface area contributed by atoms with Crippen molar-refractivity contribution in [2.45, 2.75) is 6.54 Å². The first-order valence-electron chi connectivity index (χ1n) is 10.2. The molecule has 7 heteroatoms. The Labute approximate surface area is 190 Å². The summed E-state index contributed by atoms with van der Waals surface area (Å²) >= 11 is 0. The predicted molar refractivity (Wildman–Crippen MR) is 126 cm³/mol. The van der Waals surface area contributed by atoms with Gasteiger partial charge in [-0.2, -0.15) is 0 Å². The zero-order valence-corrected chi connectivity index (χ0v) is 18.2. The second kappa shape index (κ2) is 9.40. The summed E-state index contributed by atoms with van der Waals surface area (Å²) < 4.78 is 12.0. The van der Waals surface area contributed by atoms with Crippen LogP contribution in [0.4, 0.5) is 5.69 Å². The fraction of sp³-hybridized carbons (Fsp3) is 0.115. The largest absolute Gasteiger partial charge is 0.497 e. The van der Waals surface area contributed by atoms with Gasteiger partial charge in [-0.3, -0.25) is 14.4 Å². The molecule has 1 aromatic heterocycles. The Morgan fingerprint density at radius 2 is 1.61 bits per heavy atom. The number of ketones is 1. The van der Waals surface area contributed by atoms with Crippen molar-refractivity contribution in [2.75, 3.05) is 19.5 Å². The molecule has 0 aliphatic rings. The van der Waals surface area contributed by atoms with Crippen molar-refractivity contribution in [3.8, 4) is 11.5 Å². The molecule has 0 saturated carbocycles. The SMILES string of the molecule is COc1cccc(NC(=O)Cn2cc(C(=O)c3ccccc3)c(=O)c3cc(OC)ccc32)c1. The molecule has 0 unspecified atom stereocenters. The van der Waals surface area contributed by atoms with Crippen LogP contribution in [-0.2, 0) is 11.3 Å². The number of methoxy groups -OCH3 is 2. The molecule has 1 N–H and O–H groups in total. The first-order valence-corrected chi connectivity index (χ1v) is 10.2. The van der Waals surface area contributed by atoms with Crippen LogP contribution in [0.25, 0.3) is 10.9 Å². The van der Waals surface area contributed by atoms with Crippen molar-refractivity contribution in [3.63, 3.8) is 0 Å². The average molecular weight is 442 g/mol. The number of benzene rings is 3. The highest BCUT2D eigenvalue weighted by Crippen LogP contribution is 2.21. The maximum atomic E-state index is 13.2. The second-order valence-electron chi connectivity index (χ2n) is 7.36. The Kier molecular flexibility index (Phi) is 6.22. The Morgan fingerprint density at radius 3 is 2.33 bits per heavy atom. The number of pyridine rings is 1. The third-order valence-corrected chi connectivity index (χ3v) is 5.24. The van der Waals surface area contributed by atoms with Crippen LogP contribution in [0, 0.1) is 0 Å². The first kappa shape index (κ1) is 21.8. The lowest BCUT2D eigenvalue weighted by Crippen LogP contribution is -2.24. The van der Waals surface area contributed by atoms with E-state index in [1.807, 2.05) is 0 Å². The summed E-state index contributed by atoms with van der Waals surface area (Å²) in [6.07, 6.45) is 1.44. The topological polar surface area (TPSA) is 86.6 Å². The van der Waals surface area contributed by atoms with E-state index in [9.17, 15) is 14.4 Å². The highest BCUT2D eigenvalue weighted by molar-refractivity contribution is 6.10. The normalized spacial score (nSPS) is 10.6. The van der Waals surface area contributed by atoms with Gasteiger partial charge in [-0.25, -0.2) is 0 Å². The molecule has 166 valence electrons. The average Bonchev–Trinajstić information content (AvgIpc) is 2.85. The number of amides is 1. The van der Waals surface area contributed by atoms with Gasteiger partial charge in [0.1, 0.15) is 18.0 Å². The minimum Gasteiger partial charge on any atom is -0.497 e. The van der Waals surface area contributed by atoms with Gasteiger partial charge in [0.2, 0.25) is 11.3 Å². The summed E-state index contributed by atoms with van der Waals surface area (Å²) in [5, 5.41) is 3.12. The number of carbonyl (C=O) groups is 2. The quantitative estimate of drug-likeness (QED) is 0.439. The lowest BCUT2D eigenvalue weighted by atomic mass is 10.0. The predicted octanol–water partition coefficient (Wildman–Crippen LogP) is 3.89. The van der Waals surface area contributed by atoms with Crippen molar-refractivity contribution in [3.05, 3.63) is 100 Å². The zero-order chi connectivity index (χ0) is 23.4. The summed E-state index contributed by atoms with van der Waals surface area (Å²) in [7, 11) is 3.05. The number of anilines is 1. The van der Waals surface area contributed by atoms with E-state index in [0.29, 0.717) is 33.7 Å². The third-order valence-electron chi connectivity index (χ3n) is 5.24. The maximum absolute atomic E-state index is 13.2. The number of rotatable bonds is 7. The minimum atomic E-state index is -0.415. The van der Waals surface area contributed by atoms with Gasteiger partial charge in [-0.1, -0.05) is 36.4 Å². The molecule has 4 aromatic rings. The van der Waals surface area contributed by atoms with E-state index in [1.54, 1.807) is 84.5 Å². The van der Waals surface area contributed by atoms with Gasteiger partial charge in [-0.15, -0.1) is 0 Å². The van der Waals surface area contributed by atoms with Crippen LogP contribution in [0.2, 0.25) is 0 Å². The van der Waals surface area contributed by atoms with Crippen molar-refractivity contribution in [1.82, 2.24) is 4.57 Å². The Bertz CT molecular complexity index is 1390. The van der Waals surface area contributed by atoms with Crippen LogP contribution in [0.1, 0.15) is 15.9 Å². The van der Waals surface area contributed by atoms with Crippen LogP contribution in [0.5, 0.6) is 11.5 Å². The van der Waals surface area contributed by atoms with Gasteiger partial charge in [0.25, 0.3) is 0 Å². The van der Waals surface area contributed by atoms with E-state index >= 15 is 0 Å². The highest BCUT2D eigenvalue weighted by Gasteiger charge is 2.18. The lowest BCUT2D eigenvalue weighted by molar-refractivity contribution is -0.116. The van der Waals surface area contributed by atoms with Gasteiger partial charge in [0, 0.05) is 23.5 Å². The number of nitrogens with one attached hydrogen (secondary N) is 1. The molecule has 33 heavy (non-hydrogen) atoms. The number of nitrogens with zero attached hydrogens (tertiary/aromatic N) is 1. The molecule has 0 atom stereocenters. The van der Waals surface area contributed by atoms with E-state index in [2.05, 4.69) is 5.32 Å². The Hall–Kier alpha value is -4.39. The molecule has 0 aliphatic carbocycles. The summed E-state index contributed by atoms with van der Waals surface area (Å²) in [5.41, 5.74) is 1.06. The number of aromatic nitrogens is 1. The monoisotopic (exact) mass is 442 g/mol. The third kappa shape index (κ3) is 4.62. The van der Waals surface area contributed by atoms with Crippen LogP contribution in [0.15, 0.2) is 83.8 Å². The zero-order valence-electron chi connectivity index (χ0n) is 18.2. The molecule has 4 rings (SSSR count). The van der Waals surface area contributed by atoms with E-state index in [4.69, 9.17) is 9.47 Å². The fourth-order valence-electron chi connectivity index (χ4n) is 3.60. The van der Waals surface area contributed by atoms with Crippen LogP contribution in [-0.4, -0.2) is 30.5 Å². The maximum Gasteiger partial charge on any atom is 0.244 e. The summed E-state index contributed by atoms with van der Waals surface area (Å²) in [6, 6.07) is 20.5. The second-order valence-corrected chi connectivity index (χ2v) is 7.36. The Morgan fingerprint density at radius 1 is 0.879 bits per heavy atom. The molecule has 0 bridgehead atoms. The molecule has 0 aliphatic heterocycles. The molecular formula is C26H22N2O5. The summed E-state index contributed by atoms with van der Waals surface area (Å²) in [5.74, 6) is 0.371. The standard InChI is InChI=1S/C26H22N2O5/c1-32-19-10-6-9-18(13-19)27-24(29)16-28-15-22(25(30)17-7-4-3-5-8-17)26(31)21-14-20(33-2)11-12-23(21)28/h3-15H,16H2,1-2H3,(H,27,29). The molecule has 1 heterocycles. The van der Waals surface area contributed by atoms with Gasteiger partial charge < -0.3 is 19.4 Å². The van der Waals surface area contributed by atoms with Gasteiger partial charge >= 0.3 is 0 Å². The minimum absolute atomic E-state index is 0.0175. The highest BCUT2D eigenvalue weighted by atomic mass is 16.5. The van der Waals surface area contributed by atoms with Gasteiger partial charge in [0.15, 0.2) is 5.78 Å². The number of ether oxygens (including phenoxy) is 2. The van der Waals surface area contributed by atoms with Crippen LogP contribution in [0.3, 0.4) is 0 Å².